The summed E-state index contributed by atoms with van der Waals surface area (Å²) < 4.78 is 17.8. The number of amides is 1. The smallest absolute Gasteiger partial charge is 0.237 e. The van der Waals surface area contributed by atoms with Crippen molar-refractivity contribution in [3.05, 3.63) is 48.9 Å². The molecule has 0 bridgehead atoms. The van der Waals surface area contributed by atoms with E-state index < -0.39 is 5.25 Å². The Hall–Kier alpha value is -3.20. The lowest BCUT2D eigenvalue weighted by molar-refractivity contribution is -0.115. The van der Waals surface area contributed by atoms with Crippen molar-refractivity contribution >= 4 is 23.4 Å². The minimum absolute atomic E-state index is 0.176. The number of furan rings is 1. The van der Waals surface area contributed by atoms with Crippen LogP contribution in [-0.2, 0) is 11.3 Å². The molecular formula is C21H24N4O4S. The number of aromatic nitrogens is 3. The third-order valence-corrected chi connectivity index (χ3v) is 5.48. The van der Waals surface area contributed by atoms with Crippen LogP contribution in [0.1, 0.15) is 12.7 Å². The number of hydrogen-bond acceptors (Lipinski definition) is 7. The molecule has 0 aliphatic heterocycles. The molecule has 158 valence electrons. The standard InChI is InChI=1S/C21H24N4O4S/c1-6-8-25-19(18-7-9-29-13(18)2)23-24-21(25)30-14(3)20(26)22-15-10-16(27-4)12-17(11-15)28-5/h6-7,9-12,14H,1,8H2,2-5H3,(H,22,26). The number of rotatable bonds is 9. The van der Waals surface area contributed by atoms with Crippen LogP contribution in [0.2, 0.25) is 0 Å². The Morgan fingerprint density at radius 3 is 2.57 bits per heavy atom. The summed E-state index contributed by atoms with van der Waals surface area (Å²) in [5.41, 5.74) is 1.45. The third kappa shape index (κ3) is 4.68. The van der Waals surface area contributed by atoms with Gasteiger partial charge in [0, 0.05) is 30.4 Å². The molecule has 3 rings (SSSR count). The Balaban J connectivity index is 1.78. The number of anilines is 1. The topological polar surface area (TPSA) is 91.4 Å². The Bertz CT molecular complexity index is 1020. The van der Waals surface area contributed by atoms with Gasteiger partial charge >= 0.3 is 0 Å². The van der Waals surface area contributed by atoms with Crippen LogP contribution in [0.15, 0.2) is 52.8 Å². The van der Waals surface area contributed by atoms with Crippen molar-refractivity contribution in [2.75, 3.05) is 19.5 Å². The molecule has 1 amide bonds. The van der Waals surface area contributed by atoms with E-state index in [2.05, 4.69) is 22.1 Å². The molecule has 0 aliphatic carbocycles. The summed E-state index contributed by atoms with van der Waals surface area (Å²) >= 11 is 1.32. The van der Waals surface area contributed by atoms with Crippen LogP contribution in [-0.4, -0.2) is 40.1 Å². The number of ether oxygens (including phenoxy) is 2. The summed E-state index contributed by atoms with van der Waals surface area (Å²) in [4.78, 5) is 12.8. The van der Waals surface area contributed by atoms with Crippen molar-refractivity contribution in [1.82, 2.24) is 14.8 Å². The van der Waals surface area contributed by atoms with Crippen molar-refractivity contribution in [3.63, 3.8) is 0 Å². The largest absolute Gasteiger partial charge is 0.497 e. The third-order valence-electron chi connectivity index (χ3n) is 4.40. The number of nitrogens with zero attached hydrogens (tertiary/aromatic N) is 3. The molecule has 0 fully saturated rings. The second-order valence-electron chi connectivity index (χ2n) is 6.45. The number of aryl methyl sites for hydroxylation is 1. The van der Waals surface area contributed by atoms with Crippen LogP contribution in [0.4, 0.5) is 5.69 Å². The predicted octanol–water partition coefficient (Wildman–Crippen LogP) is 4.17. The molecule has 0 saturated heterocycles. The SMILES string of the molecule is C=CCn1c(SC(C)C(=O)Nc2cc(OC)cc(OC)c2)nnc1-c1ccoc1C. The molecule has 8 nitrogen and oxygen atoms in total. The van der Waals surface area contributed by atoms with Gasteiger partial charge in [-0.15, -0.1) is 16.8 Å². The molecule has 0 spiro atoms. The highest BCUT2D eigenvalue weighted by Crippen LogP contribution is 2.30. The van der Waals surface area contributed by atoms with Gasteiger partial charge in [0.15, 0.2) is 11.0 Å². The average Bonchev–Trinajstić information content (AvgIpc) is 3.33. The second kappa shape index (κ2) is 9.53. The van der Waals surface area contributed by atoms with Crippen molar-refractivity contribution in [3.8, 4) is 22.9 Å². The zero-order valence-electron chi connectivity index (χ0n) is 17.3. The highest BCUT2D eigenvalue weighted by molar-refractivity contribution is 8.00. The number of carbonyl (C=O) groups is 1. The van der Waals surface area contributed by atoms with Gasteiger partial charge in [0.1, 0.15) is 17.3 Å². The summed E-state index contributed by atoms with van der Waals surface area (Å²) in [6.45, 7) is 8.00. The van der Waals surface area contributed by atoms with Gasteiger partial charge in [-0.1, -0.05) is 17.8 Å². The summed E-state index contributed by atoms with van der Waals surface area (Å²) in [6.07, 6.45) is 3.38. The summed E-state index contributed by atoms with van der Waals surface area (Å²) in [7, 11) is 3.12. The molecule has 0 saturated carbocycles. The molecular weight excluding hydrogens is 404 g/mol. The van der Waals surface area contributed by atoms with Crippen LogP contribution >= 0.6 is 11.8 Å². The maximum absolute atomic E-state index is 12.8. The first-order valence-electron chi connectivity index (χ1n) is 9.26. The van der Waals surface area contributed by atoms with Gasteiger partial charge in [0.05, 0.1) is 31.3 Å². The number of nitrogens with one attached hydrogen (secondary N) is 1. The molecule has 0 aliphatic rings. The zero-order valence-corrected chi connectivity index (χ0v) is 18.2. The highest BCUT2D eigenvalue weighted by Gasteiger charge is 2.22. The summed E-state index contributed by atoms with van der Waals surface area (Å²) in [5, 5.41) is 11.7. The van der Waals surface area contributed by atoms with Crippen LogP contribution in [0, 0.1) is 6.92 Å². The predicted molar refractivity (Wildman–Crippen MR) is 116 cm³/mol. The van der Waals surface area contributed by atoms with Crippen LogP contribution < -0.4 is 14.8 Å². The number of allylic oxidation sites excluding steroid dienone is 1. The maximum Gasteiger partial charge on any atom is 0.237 e. The minimum atomic E-state index is -0.423. The normalized spacial score (nSPS) is 11.7. The second-order valence-corrected chi connectivity index (χ2v) is 7.75. The lowest BCUT2D eigenvalue weighted by atomic mass is 10.2. The number of thioether (sulfide) groups is 1. The maximum atomic E-state index is 12.8. The first-order chi connectivity index (χ1) is 14.5. The molecule has 3 aromatic rings. The first-order valence-corrected chi connectivity index (χ1v) is 10.1. The molecule has 1 N–H and O–H groups in total. The number of carbonyl (C=O) groups excluding carboxylic acids is 1. The molecule has 2 heterocycles. The number of methoxy groups -OCH3 is 2. The van der Waals surface area contributed by atoms with E-state index in [1.807, 2.05) is 24.5 Å². The van der Waals surface area contributed by atoms with Crippen LogP contribution in [0.25, 0.3) is 11.4 Å². The van der Waals surface area contributed by atoms with E-state index in [1.54, 1.807) is 44.8 Å². The highest BCUT2D eigenvalue weighted by atomic mass is 32.2. The van der Waals surface area contributed by atoms with Crippen LogP contribution in [0.5, 0.6) is 11.5 Å². The molecule has 1 atom stereocenters. The fourth-order valence-electron chi connectivity index (χ4n) is 2.82. The van der Waals surface area contributed by atoms with E-state index in [-0.39, 0.29) is 5.91 Å². The van der Waals surface area contributed by atoms with Gasteiger partial charge in [-0.05, 0) is 19.9 Å². The van der Waals surface area contributed by atoms with E-state index in [1.165, 1.54) is 11.8 Å². The quantitative estimate of drug-likeness (QED) is 0.404. The number of hydrogen-bond donors (Lipinski definition) is 1. The molecule has 30 heavy (non-hydrogen) atoms. The lowest BCUT2D eigenvalue weighted by Crippen LogP contribution is -2.23. The average molecular weight is 429 g/mol. The summed E-state index contributed by atoms with van der Waals surface area (Å²) in [5.74, 6) is 2.44. The van der Waals surface area contributed by atoms with Crippen LogP contribution in [0.3, 0.4) is 0 Å². The van der Waals surface area contributed by atoms with Gasteiger partial charge in [-0.3, -0.25) is 9.36 Å². The van der Waals surface area contributed by atoms with Gasteiger partial charge in [-0.2, -0.15) is 0 Å². The Morgan fingerprint density at radius 2 is 2.00 bits per heavy atom. The van der Waals surface area contributed by atoms with Gasteiger partial charge in [0.2, 0.25) is 5.91 Å². The Morgan fingerprint density at radius 1 is 1.30 bits per heavy atom. The first kappa shape index (κ1) is 21.5. The van der Waals surface area contributed by atoms with Gasteiger partial charge in [-0.25, -0.2) is 0 Å². The fourth-order valence-corrected chi connectivity index (χ4v) is 3.68. The van der Waals surface area contributed by atoms with E-state index in [0.717, 1.165) is 11.3 Å². The van der Waals surface area contributed by atoms with E-state index in [4.69, 9.17) is 13.9 Å². The van der Waals surface area contributed by atoms with E-state index >= 15 is 0 Å². The summed E-state index contributed by atoms with van der Waals surface area (Å²) in [6, 6.07) is 7.06. The van der Waals surface area contributed by atoms with E-state index in [0.29, 0.717) is 34.7 Å². The Kier molecular flexibility index (Phi) is 6.83. The van der Waals surface area contributed by atoms with Gasteiger partial charge in [0.25, 0.3) is 0 Å². The molecule has 1 unspecified atom stereocenters. The van der Waals surface area contributed by atoms with Crippen molar-refractivity contribution in [2.45, 2.75) is 30.8 Å². The minimum Gasteiger partial charge on any atom is -0.497 e. The monoisotopic (exact) mass is 428 g/mol. The lowest BCUT2D eigenvalue weighted by Gasteiger charge is -2.14. The van der Waals surface area contributed by atoms with Gasteiger partial charge < -0.3 is 19.2 Å². The van der Waals surface area contributed by atoms with Crippen molar-refractivity contribution in [1.29, 1.82) is 0 Å². The Labute approximate surface area is 179 Å². The molecule has 9 heteroatoms. The van der Waals surface area contributed by atoms with Crippen molar-refractivity contribution in [2.24, 2.45) is 0 Å². The zero-order chi connectivity index (χ0) is 21.7. The van der Waals surface area contributed by atoms with E-state index in [9.17, 15) is 4.79 Å². The molecule has 0 radical (unpaired) electrons. The molecule has 1 aromatic carbocycles. The van der Waals surface area contributed by atoms with Crippen molar-refractivity contribution < 1.29 is 18.7 Å². The molecule has 2 aromatic heterocycles. The number of benzene rings is 1. The fraction of sp³-hybridized carbons (Fsp3) is 0.286.